The number of benzene rings is 1. The fourth-order valence-corrected chi connectivity index (χ4v) is 4.49. The number of primary amides is 1. The zero-order valence-electron chi connectivity index (χ0n) is 13.5. The van der Waals surface area contributed by atoms with Crippen LogP contribution in [0.1, 0.15) is 47.7 Å². The molecule has 0 radical (unpaired) electrons. The Morgan fingerprint density at radius 1 is 1.32 bits per heavy atom. The molecule has 1 aliphatic carbocycles. The molecule has 120 valence electrons. The summed E-state index contributed by atoms with van der Waals surface area (Å²) in [5.74, 6) is 0.556. The maximum atomic E-state index is 11.7. The minimum Gasteiger partial charge on any atom is -0.370 e. The zero-order valence-corrected chi connectivity index (χ0v) is 13.5. The van der Waals surface area contributed by atoms with Gasteiger partial charge in [0, 0.05) is 37.1 Å². The van der Waals surface area contributed by atoms with E-state index in [-0.39, 0.29) is 11.5 Å². The summed E-state index contributed by atoms with van der Waals surface area (Å²) in [5, 5.41) is 3.55. The van der Waals surface area contributed by atoms with Gasteiger partial charge in [0.2, 0.25) is 5.91 Å². The second-order valence-electron chi connectivity index (χ2n) is 6.66. The van der Waals surface area contributed by atoms with Gasteiger partial charge in [0.05, 0.1) is 0 Å². The van der Waals surface area contributed by atoms with Crippen LogP contribution in [0.15, 0.2) is 18.2 Å². The van der Waals surface area contributed by atoms with Crippen LogP contribution < -0.4 is 11.1 Å². The second-order valence-corrected chi connectivity index (χ2v) is 6.66. The molecule has 1 amide bonds. The average molecular weight is 302 g/mol. The van der Waals surface area contributed by atoms with Crippen LogP contribution in [0.2, 0.25) is 0 Å². The number of fused-ring (bicyclic) bond motifs is 2. The summed E-state index contributed by atoms with van der Waals surface area (Å²) in [6.07, 6.45) is 3.60. The SMILES string of the molecule is CCOC1(c2cc(C)cc(C(N)=O)c2)C2CCCC1CNC2. The molecule has 4 heteroatoms. The van der Waals surface area contributed by atoms with Crippen molar-refractivity contribution in [2.75, 3.05) is 19.7 Å². The van der Waals surface area contributed by atoms with Gasteiger partial charge in [-0.3, -0.25) is 4.79 Å². The number of aryl methyl sites for hydroxylation is 1. The molecule has 1 aromatic rings. The van der Waals surface area contributed by atoms with E-state index in [0.29, 0.717) is 24.0 Å². The third-order valence-electron chi connectivity index (χ3n) is 5.30. The highest BCUT2D eigenvalue weighted by Crippen LogP contribution is 2.50. The first kappa shape index (κ1) is 15.5. The standard InChI is InChI=1S/C18H26N2O2/c1-3-22-18(14-5-4-6-15(18)11-20-10-14)16-8-12(2)7-13(9-16)17(19)21/h7-9,14-15,20H,3-6,10-11H2,1-2H3,(H2,19,21). The van der Waals surface area contributed by atoms with E-state index in [1.807, 2.05) is 19.1 Å². The normalized spacial score (nSPS) is 31.0. The van der Waals surface area contributed by atoms with Gasteiger partial charge in [0.15, 0.2) is 0 Å². The Kier molecular flexibility index (Phi) is 4.24. The number of nitrogens with two attached hydrogens (primary N) is 1. The maximum absolute atomic E-state index is 11.7. The summed E-state index contributed by atoms with van der Waals surface area (Å²) in [4.78, 5) is 11.7. The van der Waals surface area contributed by atoms with E-state index in [1.54, 1.807) is 0 Å². The number of hydrogen-bond donors (Lipinski definition) is 2. The van der Waals surface area contributed by atoms with Crippen LogP contribution in [-0.4, -0.2) is 25.6 Å². The fraction of sp³-hybridized carbons (Fsp3) is 0.611. The first-order chi connectivity index (χ1) is 10.6. The highest BCUT2D eigenvalue weighted by Gasteiger charge is 2.51. The number of carbonyl (C=O) groups is 1. The Labute approximate surface area is 132 Å². The van der Waals surface area contributed by atoms with Crippen LogP contribution in [0.3, 0.4) is 0 Å². The average Bonchev–Trinajstić information content (AvgIpc) is 2.46. The Hall–Kier alpha value is -1.39. The lowest BCUT2D eigenvalue weighted by Gasteiger charge is -2.53. The first-order valence-electron chi connectivity index (χ1n) is 8.34. The Morgan fingerprint density at radius 3 is 2.59 bits per heavy atom. The Balaban J connectivity index is 2.13. The molecular weight excluding hydrogens is 276 g/mol. The molecule has 1 saturated carbocycles. The van der Waals surface area contributed by atoms with Crippen molar-refractivity contribution in [2.24, 2.45) is 17.6 Å². The summed E-state index contributed by atoms with van der Waals surface area (Å²) in [5.41, 5.74) is 8.05. The molecule has 2 bridgehead atoms. The van der Waals surface area contributed by atoms with Crippen LogP contribution in [0, 0.1) is 18.8 Å². The summed E-state index contributed by atoms with van der Waals surface area (Å²) in [6.45, 7) is 6.73. The number of hydrogen-bond acceptors (Lipinski definition) is 3. The van der Waals surface area contributed by atoms with Crippen molar-refractivity contribution >= 4 is 5.91 Å². The smallest absolute Gasteiger partial charge is 0.248 e. The van der Waals surface area contributed by atoms with E-state index < -0.39 is 0 Å². The summed E-state index contributed by atoms with van der Waals surface area (Å²) < 4.78 is 6.42. The largest absolute Gasteiger partial charge is 0.370 e. The highest BCUT2D eigenvalue weighted by atomic mass is 16.5. The highest BCUT2D eigenvalue weighted by molar-refractivity contribution is 5.93. The summed E-state index contributed by atoms with van der Waals surface area (Å²) in [6, 6.07) is 6.00. The molecule has 3 rings (SSSR count). The number of nitrogens with one attached hydrogen (secondary N) is 1. The van der Waals surface area contributed by atoms with Crippen molar-refractivity contribution < 1.29 is 9.53 Å². The summed E-state index contributed by atoms with van der Waals surface area (Å²) >= 11 is 0. The molecule has 0 spiro atoms. The minimum absolute atomic E-state index is 0.269. The van der Waals surface area contributed by atoms with Crippen LogP contribution in [-0.2, 0) is 10.3 Å². The van der Waals surface area contributed by atoms with Crippen molar-refractivity contribution in [2.45, 2.75) is 38.7 Å². The predicted octanol–water partition coefficient (Wildman–Crippen LogP) is 2.35. The van der Waals surface area contributed by atoms with Gasteiger partial charge in [-0.05, 0) is 49.9 Å². The molecule has 4 nitrogen and oxygen atoms in total. The molecule has 0 aromatic heterocycles. The van der Waals surface area contributed by atoms with Crippen molar-refractivity contribution in [3.8, 4) is 0 Å². The minimum atomic E-state index is -0.365. The predicted molar refractivity (Wildman–Crippen MR) is 86.7 cm³/mol. The van der Waals surface area contributed by atoms with Gasteiger partial charge in [-0.2, -0.15) is 0 Å². The molecule has 2 aliphatic rings. The lowest BCUT2D eigenvalue weighted by atomic mass is 9.62. The van der Waals surface area contributed by atoms with Crippen LogP contribution in [0.25, 0.3) is 0 Å². The number of amides is 1. The Bertz CT molecular complexity index is 548. The first-order valence-corrected chi connectivity index (χ1v) is 8.34. The van der Waals surface area contributed by atoms with Crippen LogP contribution in [0.4, 0.5) is 0 Å². The number of carbonyl (C=O) groups excluding carboxylic acids is 1. The molecule has 2 unspecified atom stereocenters. The van der Waals surface area contributed by atoms with Gasteiger partial charge in [-0.15, -0.1) is 0 Å². The molecule has 2 atom stereocenters. The second kappa shape index (κ2) is 6.01. The molecule has 1 saturated heterocycles. The van der Waals surface area contributed by atoms with Gasteiger partial charge >= 0.3 is 0 Å². The molecule has 1 aliphatic heterocycles. The van der Waals surface area contributed by atoms with Crippen molar-refractivity contribution in [1.29, 1.82) is 0 Å². The van der Waals surface area contributed by atoms with Gasteiger partial charge < -0.3 is 15.8 Å². The van der Waals surface area contributed by atoms with Crippen molar-refractivity contribution in [3.63, 3.8) is 0 Å². The van der Waals surface area contributed by atoms with E-state index in [0.717, 1.165) is 24.2 Å². The monoisotopic (exact) mass is 302 g/mol. The lowest BCUT2D eigenvalue weighted by Crippen LogP contribution is -2.58. The van der Waals surface area contributed by atoms with Gasteiger partial charge in [0.1, 0.15) is 5.60 Å². The van der Waals surface area contributed by atoms with E-state index >= 15 is 0 Å². The number of ether oxygens (including phenoxy) is 1. The Morgan fingerprint density at radius 2 is 2.00 bits per heavy atom. The van der Waals surface area contributed by atoms with E-state index in [2.05, 4.69) is 18.3 Å². The lowest BCUT2D eigenvalue weighted by molar-refractivity contribution is -0.161. The molecule has 1 aromatic carbocycles. The third kappa shape index (κ3) is 2.44. The number of piperidine rings is 1. The van der Waals surface area contributed by atoms with E-state index in [4.69, 9.17) is 10.5 Å². The fourth-order valence-electron chi connectivity index (χ4n) is 4.49. The van der Waals surface area contributed by atoms with Gasteiger partial charge in [-0.25, -0.2) is 0 Å². The summed E-state index contributed by atoms with van der Waals surface area (Å²) in [7, 11) is 0. The topological polar surface area (TPSA) is 64.3 Å². The molecule has 3 N–H and O–H groups in total. The van der Waals surface area contributed by atoms with Gasteiger partial charge in [0.25, 0.3) is 0 Å². The van der Waals surface area contributed by atoms with Crippen molar-refractivity contribution in [3.05, 3.63) is 34.9 Å². The molecule has 22 heavy (non-hydrogen) atoms. The zero-order chi connectivity index (χ0) is 15.7. The van der Waals surface area contributed by atoms with Crippen LogP contribution >= 0.6 is 0 Å². The van der Waals surface area contributed by atoms with Crippen molar-refractivity contribution in [1.82, 2.24) is 5.32 Å². The molecule has 2 fully saturated rings. The van der Waals surface area contributed by atoms with Gasteiger partial charge in [-0.1, -0.05) is 12.5 Å². The maximum Gasteiger partial charge on any atom is 0.248 e. The third-order valence-corrected chi connectivity index (χ3v) is 5.30. The quantitative estimate of drug-likeness (QED) is 0.897. The molecular formula is C18H26N2O2. The van der Waals surface area contributed by atoms with E-state index in [9.17, 15) is 4.79 Å². The van der Waals surface area contributed by atoms with Crippen LogP contribution in [0.5, 0.6) is 0 Å². The molecule has 1 heterocycles. The van der Waals surface area contributed by atoms with E-state index in [1.165, 1.54) is 19.3 Å². The number of rotatable bonds is 4.